The second-order valence-corrected chi connectivity index (χ2v) is 6.60. The molecule has 0 saturated carbocycles. The van der Waals surface area contributed by atoms with E-state index in [1.807, 2.05) is 35.8 Å². The van der Waals surface area contributed by atoms with E-state index in [9.17, 15) is 4.79 Å². The molecule has 0 spiro atoms. The third kappa shape index (κ3) is 3.14. The molecule has 0 aliphatic rings. The summed E-state index contributed by atoms with van der Waals surface area (Å²) in [5, 5.41) is 1.31. The Morgan fingerprint density at radius 2 is 1.96 bits per heavy atom. The van der Waals surface area contributed by atoms with E-state index in [1.54, 1.807) is 11.8 Å². The lowest BCUT2D eigenvalue weighted by molar-refractivity contribution is 0.778. The molecule has 0 bridgehead atoms. The third-order valence-electron chi connectivity index (χ3n) is 3.45. The molecule has 3 aromatic rings. The van der Waals surface area contributed by atoms with Crippen LogP contribution < -0.4 is 5.56 Å². The normalized spacial score (nSPS) is 11.3. The fourth-order valence-corrected chi connectivity index (χ4v) is 3.22. The summed E-state index contributed by atoms with van der Waals surface area (Å²) in [5.74, 6) is 1.65. The predicted molar refractivity (Wildman–Crippen MR) is 95.3 cm³/mol. The van der Waals surface area contributed by atoms with Gasteiger partial charge in [0, 0.05) is 22.9 Å². The van der Waals surface area contributed by atoms with Crippen molar-refractivity contribution >= 4 is 34.5 Å². The molecule has 1 N–H and O–H groups in total. The van der Waals surface area contributed by atoms with Crippen LogP contribution in [0.1, 0.15) is 20.3 Å². The number of aromatic nitrogens is 4. The highest BCUT2D eigenvalue weighted by molar-refractivity contribution is 7.99. The topological polar surface area (TPSA) is 63.6 Å². The SMILES string of the molecule is CCCSc1nc2c(nc(-c3ccc(Cl)cc3)n2CC)c(=O)[nH]1. The van der Waals surface area contributed by atoms with Crippen LogP contribution in [-0.4, -0.2) is 25.3 Å². The number of nitrogens with zero attached hydrogens (tertiary/aromatic N) is 3. The number of imidazole rings is 1. The van der Waals surface area contributed by atoms with Gasteiger partial charge in [0.25, 0.3) is 5.56 Å². The Labute approximate surface area is 143 Å². The van der Waals surface area contributed by atoms with Gasteiger partial charge in [0.05, 0.1) is 0 Å². The number of hydrogen-bond acceptors (Lipinski definition) is 4. The van der Waals surface area contributed by atoms with E-state index in [-0.39, 0.29) is 5.56 Å². The monoisotopic (exact) mass is 348 g/mol. The minimum absolute atomic E-state index is 0.198. The Balaban J connectivity index is 2.18. The molecule has 0 amide bonds. The van der Waals surface area contributed by atoms with Gasteiger partial charge in [0.15, 0.2) is 16.3 Å². The molecule has 7 heteroatoms. The molecule has 0 fully saturated rings. The van der Waals surface area contributed by atoms with E-state index in [2.05, 4.69) is 21.9 Å². The lowest BCUT2D eigenvalue weighted by Gasteiger charge is -2.06. The second-order valence-electron chi connectivity index (χ2n) is 5.08. The number of halogens is 1. The quantitative estimate of drug-likeness (QED) is 0.560. The third-order valence-corrected chi connectivity index (χ3v) is 4.78. The van der Waals surface area contributed by atoms with Crippen molar-refractivity contribution in [2.75, 3.05) is 5.75 Å². The summed E-state index contributed by atoms with van der Waals surface area (Å²) >= 11 is 7.50. The summed E-state index contributed by atoms with van der Waals surface area (Å²) in [7, 11) is 0. The van der Waals surface area contributed by atoms with Gasteiger partial charge in [-0.25, -0.2) is 9.97 Å². The van der Waals surface area contributed by atoms with Gasteiger partial charge in [0.2, 0.25) is 0 Å². The van der Waals surface area contributed by atoms with Crippen molar-refractivity contribution in [1.82, 2.24) is 19.5 Å². The Kier molecular flexibility index (Phi) is 4.73. The van der Waals surface area contributed by atoms with Crippen molar-refractivity contribution in [1.29, 1.82) is 0 Å². The molecule has 5 nitrogen and oxygen atoms in total. The maximum absolute atomic E-state index is 12.3. The van der Waals surface area contributed by atoms with Gasteiger partial charge < -0.3 is 4.57 Å². The first-order valence-electron chi connectivity index (χ1n) is 7.53. The zero-order valence-electron chi connectivity index (χ0n) is 13.0. The van der Waals surface area contributed by atoms with E-state index < -0.39 is 0 Å². The van der Waals surface area contributed by atoms with Gasteiger partial charge in [-0.05, 0) is 37.6 Å². The molecule has 0 atom stereocenters. The second kappa shape index (κ2) is 6.76. The minimum atomic E-state index is -0.198. The predicted octanol–water partition coefficient (Wildman–Crippen LogP) is 3.96. The molecule has 0 radical (unpaired) electrons. The number of hydrogen-bond donors (Lipinski definition) is 1. The Hall–Kier alpha value is -1.79. The van der Waals surface area contributed by atoms with Gasteiger partial charge in [-0.15, -0.1) is 0 Å². The van der Waals surface area contributed by atoms with E-state index in [4.69, 9.17) is 11.6 Å². The number of aromatic amines is 1. The Morgan fingerprint density at radius 3 is 2.61 bits per heavy atom. The van der Waals surface area contributed by atoms with Crippen LogP contribution in [0.25, 0.3) is 22.6 Å². The number of benzene rings is 1. The van der Waals surface area contributed by atoms with E-state index in [1.165, 1.54) is 0 Å². The molecule has 0 aliphatic heterocycles. The number of nitrogens with one attached hydrogen (secondary N) is 1. The molecule has 120 valence electrons. The zero-order chi connectivity index (χ0) is 16.4. The van der Waals surface area contributed by atoms with Gasteiger partial charge in [-0.1, -0.05) is 30.3 Å². The Morgan fingerprint density at radius 1 is 1.22 bits per heavy atom. The highest BCUT2D eigenvalue weighted by atomic mass is 35.5. The number of aryl methyl sites for hydroxylation is 1. The molecule has 2 aromatic heterocycles. The minimum Gasteiger partial charge on any atom is -0.309 e. The highest BCUT2D eigenvalue weighted by Crippen LogP contribution is 2.25. The maximum atomic E-state index is 12.3. The molecular formula is C16H17ClN4OS. The van der Waals surface area contributed by atoms with Crippen molar-refractivity contribution < 1.29 is 0 Å². The highest BCUT2D eigenvalue weighted by Gasteiger charge is 2.16. The molecule has 3 rings (SSSR count). The van der Waals surface area contributed by atoms with Crippen molar-refractivity contribution in [2.45, 2.75) is 32.0 Å². The van der Waals surface area contributed by atoms with E-state index in [0.29, 0.717) is 27.9 Å². The summed E-state index contributed by atoms with van der Waals surface area (Å²) < 4.78 is 1.96. The first-order chi connectivity index (χ1) is 11.1. The van der Waals surface area contributed by atoms with Crippen LogP contribution in [0.4, 0.5) is 0 Å². The summed E-state index contributed by atoms with van der Waals surface area (Å²) in [5.41, 5.74) is 1.71. The van der Waals surface area contributed by atoms with Crippen LogP contribution >= 0.6 is 23.4 Å². The lowest BCUT2D eigenvalue weighted by atomic mass is 10.2. The molecular weight excluding hydrogens is 332 g/mol. The van der Waals surface area contributed by atoms with Crippen LogP contribution in [0.15, 0.2) is 34.2 Å². The first-order valence-corrected chi connectivity index (χ1v) is 8.89. The van der Waals surface area contributed by atoms with Gasteiger partial charge >= 0.3 is 0 Å². The fraction of sp³-hybridized carbons (Fsp3) is 0.312. The van der Waals surface area contributed by atoms with Crippen LogP contribution in [0.5, 0.6) is 0 Å². The number of fused-ring (bicyclic) bond motifs is 1. The molecule has 0 aliphatic carbocycles. The van der Waals surface area contributed by atoms with Crippen molar-refractivity contribution in [3.05, 3.63) is 39.6 Å². The molecule has 0 unspecified atom stereocenters. The first kappa shape index (κ1) is 16.1. The van der Waals surface area contributed by atoms with Gasteiger partial charge in [0.1, 0.15) is 5.82 Å². The lowest BCUT2D eigenvalue weighted by Crippen LogP contribution is -2.10. The summed E-state index contributed by atoms with van der Waals surface area (Å²) in [6.07, 6.45) is 1.02. The van der Waals surface area contributed by atoms with E-state index in [0.717, 1.165) is 23.6 Å². The fourth-order valence-electron chi connectivity index (χ4n) is 2.38. The number of rotatable bonds is 5. The van der Waals surface area contributed by atoms with Gasteiger partial charge in [-0.3, -0.25) is 9.78 Å². The van der Waals surface area contributed by atoms with Crippen LogP contribution in [-0.2, 0) is 6.54 Å². The number of thioether (sulfide) groups is 1. The summed E-state index contributed by atoms with van der Waals surface area (Å²) in [6.45, 7) is 4.80. The zero-order valence-corrected chi connectivity index (χ0v) is 14.5. The van der Waals surface area contributed by atoms with Crippen molar-refractivity contribution in [2.24, 2.45) is 0 Å². The van der Waals surface area contributed by atoms with Crippen molar-refractivity contribution in [3.63, 3.8) is 0 Å². The molecule has 23 heavy (non-hydrogen) atoms. The standard InChI is InChI=1S/C16H17ClN4OS/c1-3-9-23-16-19-14-12(15(22)20-16)18-13(21(14)4-2)10-5-7-11(17)8-6-10/h5-8H,3-4,9H2,1-2H3,(H,19,20,22). The average Bonchev–Trinajstić information content (AvgIpc) is 2.92. The summed E-state index contributed by atoms with van der Waals surface area (Å²) in [6, 6.07) is 7.43. The van der Waals surface area contributed by atoms with Gasteiger partial charge in [-0.2, -0.15) is 0 Å². The van der Waals surface area contributed by atoms with Crippen LogP contribution in [0, 0.1) is 0 Å². The summed E-state index contributed by atoms with van der Waals surface area (Å²) in [4.78, 5) is 24.2. The largest absolute Gasteiger partial charge is 0.309 e. The van der Waals surface area contributed by atoms with Crippen LogP contribution in [0.3, 0.4) is 0 Å². The average molecular weight is 349 g/mol. The molecule has 1 aromatic carbocycles. The maximum Gasteiger partial charge on any atom is 0.279 e. The smallest absolute Gasteiger partial charge is 0.279 e. The molecule has 2 heterocycles. The Bertz CT molecular complexity index is 885. The molecule has 0 saturated heterocycles. The van der Waals surface area contributed by atoms with Crippen molar-refractivity contribution in [3.8, 4) is 11.4 Å². The van der Waals surface area contributed by atoms with Crippen LogP contribution in [0.2, 0.25) is 5.02 Å². The number of H-pyrrole nitrogens is 1. The van der Waals surface area contributed by atoms with E-state index >= 15 is 0 Å².